The second-order valence-electron chi connectivity index (χ2n) is 6.98. The quantitative estimate of drug-likeness (QED) is 0.759. The fraction of sp³-hybridized carbons (Fsp3) is 0.429. The van der Waals surface area contributed by atoms with Crippen molar-refractivity contribution in [3.05, 3.63) is 60.7 Å². The molecule has 1 saturated heterocycles. The van der Waals surface area contributed by atoms with Gasteiger partial charge in [-0.15, -0.1) is 0 Å². The summed E-state index contributed by atoms with van der Waals surface area (Å²) in [4.78, 5) is 0. The molecule has 1 aliphatic heterocycles. The molecule has 1 heterocycles. The van der Waals surface area contributed by atoms with Crippen molar-refractivity contribution in [2.24, 2.45) is 5.73 Å². The Bertz CT molecular complexity index is 628. The van der Waals surface area contributed by atoms with Crippen molar-refractivity contribution in [1.29, 1.82) is 0 Å². The lowest BCUT2D eigenvalue weighted by Gasteiger charge is -2.39. The maximum absolute atomic E-state index is 6.90. The smallest absolute Gasteiger partial charge is 0.253 e. The fourth-order valence-corrected chi connectivity index (χ4v) is 6.82. The predicted octanol–water partition coefficient (Wildman–Crippen LogP) is 2.26. The van der Waals surface area contributed by atoms with Gasteiger partial charge in [0.2, 0.25) is 0 Å². The molecule has 5 heteroatoms. The van der Waals surface area contributed by atoms with Gasteiger partial charge in [0.05, 0.1) is 12.2 Å². The summed E-state index contributed by atoms with van der Waals surface area (Å²) in [6, 6.07) is 21.2. The van der Waals surface area contributed by atoms with Crippen LogP contribution in [0, 0.1) is 0 Å². The van der Waals surface area contributed by atoms with Gasteiger partial charge < -0.3 is 19.6 Å². The van der Waals surface area contributed by atoms with E-state index in [0.29, 0.717) is 6.54 Å². The van der Waals surface area contributed by atoms with Crippen LogP contribution in [0.1, 0.15) is 19.3 Å². The molecular weight excluding hydrogens is 342 g/mol. The van der Waals surface area contributed by atoms with E-state index in [2.05, 4.69) is 67.2 Å². The molecule has 0 aromatic heterocycles. The monoisotopic (exact) mass is 371 g/mol. The van der Waals surface area contributed by atoms with Crippen LogP contribution in [0.25, 0.3) is 0 Å². The lowest BCUT2D eigenvalue weighted by molar-refractivity contribution is -0.201. The Hall–Kier alpha value is -1.50. The molecule has 0 radical (unpaired) electrons. The average molecular weight is 372 g/mol. The first-order valence-electron chi connectivity index (χ1n) is 9.33. The number of benzene rings is 2. The summed E-state index contributed by atoms with van der Waals surface area (Å²) in [6.45, 7) is 2.90. The topological polar surface area (TPSA) is 53.7 Å². The van der Waals surface area contributed by atoms with E-state index < -0.39 is 8.32 Å². The molecule has 2 aromatic rings. The number of methoxy groups -OCH3 is 1. The van der Waals surface area contributed by atoms with Crippen LogP contribution in [0.2, 0.25) is 6.55 Å². The van der Waals surface area contributed by atoms with Gasteiger partial charge in [-0.05, 0) is 36.3 Å². The van der Waals surface area contributed by atoms with Crippen molar-refractivity contribution in [3.63, 3.8) is 0 Å². The minimum Gasteiger partial charge on any atom is -0.405 e. The van der Waals surface area contributed by atoms with Crippen LogP contribution in [0.3, 0.4) is 0 Å². The Kier molecular flexibility index (Phi) is 6.61. The van der Waals surface area contributed by atoms with Crippen molar-refractivity contribution < 1.29 is 13.9 Å². The highest BCUT2D eigenvalue weighted by Gasteiger charge is 2.39. The average Bonchev–Trinajstić information content (AvgIpc) is 2.69. The molecule has 140 valence electrons. The third-order valence-electron chi connectivity index (χ3n) is 5.13. The van der Waals surface area contributed by atoms with Gasteiger partial charge in [0.15, 0.2) is 6.29 Å². The van der Waals surface area contributed by atoms with Crippen LogP contribution in [0.15, 0.2) is 60.7 Å². The van der Waals surface area contributed by atoms with Crippen molar-refractivity contribution in [3.8, 4) is 0 Å². The highest BCUT2D eigenvalue weighted by Crippen LogP contribution is 2.26. The molecule has 0 unspecified atom stereocenters. The van der Waals surface area contributed by atoms with E-state index in [1.165, 1.54) is 10.4 Å². The van der Waals surface area contributed by atoms with Gasteiger partial charge in [-0.1, -0.05) is 60.7 Å². The zero-order valence-electron chi connectivity index (χ0n) is 15.6. The lowest BCUT2D eigenvalue weighted by atomic mass is 10.0. The maximum Gasteiger partial charge on any atom is 0.253 e. The second kappa shape index (κ2) is 8.93. The molecular formula is C21H29NO3Si. The SMILES string of the molecule is CO[C@H]1C[C@H](O[Si](C)(c2ccccc2)c2ccccc2)C[C@@H](CCN)O1. The molecule has 1 fully saturated rings. The first-order valence-corrected chi connectivity index (χ1v) is 11.7. The standard InChI is InChI=1S/C21H29NO3Si/c1-23-21-16-18(15-17(24-21)13-14-22)25-26(2,19-9-5-3-6-10-19)20-11-7-4-8-12-20/h3-12,17-18,21H,13-16,22H2,1-2H3/t17-,18-,21-/m1/s1. The molecule has 2 aromatic carbocycles. The highest BCUT2D eigenvalue weighted by molar-refractivity contribution is 6.96. The van der Waals surface area contributed by atoms with Gasteiger partial charge in [-0.25, -0.2) is 0 Å². The Balaban J connectivity index is 1.88. The van der Waals surface area contributed by atoms with E-state index in [1.54, 1.807) is 7.11 Å². The van der Waals surface area contributed by atoms with Crippen LogP contribution < -0.4 is 16.1 Å². The fourth-order valence-electron chi connectivity index (χ4n) is 3.70. The van der Waals surface area contributed by atoms with Crippen molar-refractivity contribution in [1.82, 2.24) is 0 Å². The summed E-state index contributed by atoms with van der Waals surface area (Å²) in [5, 5.41) is 2.56. The van der Waals surface area contributed by atoms with Crippen LogP contribution in [0.5, 0.6) is 0 Å². The van der Waals surface area contributed by atoms with Crippen molar-refractivity contribution in [2.45, 2.75) is 44.3 Å². The van der Waals surface area contributed by atoms with E-state index >= 15 is 0 Å². The molecule has 1 aliphatic rings. The van der Waals surface area contributed by atoms with Gasteiger partial charge in [-0.2, -0.15) is 0 Å². The molecule has 3 rings (SSSR count). The summed E-state index contributed by atoms with van der Waals surface area (Å²) in [6.07, 6.45) is 2.40. The maximum atomic E-state index is 6.90. The van der Waals surface area contributed by atoms with Crippen LogP contribution in [0.4, 0.5) is 0 Å². The lowest BCUT2D eigenvalue weighted by Crippen LogP contribution is -2.61. The Morgan fingerprint density at radius 1 is 1.00 bits per heavy atom. The third kappa shape index (κ3) is 4.42. The molecule has 0 aliphatic carbocycles. The van der Waals surface area contributed by atoms with Crippen LogP contribution in [-0.4, -0.2) is 40.5 Å². The Morgan fingerprint density at radius 3 is 2.08 bits per heavy atom. The Morgan fingerprint density at radius 2 is 1.58 bits per heavy atom. The molecule has 4 nitrogen and oxygen atoms in total. The number of ether oxygens (including phenoxy) is 2. The van der Waals surface area contributed by atoms with E-state index in [1.807, 2.05) is 0 Å². The van der Waals surface area contributed by atoms with E-state index in [4.69, 9.17) is 19.6 Å². The van der Waals surface area contributed by atoms with E-state index in [-0.39, 0.29) is 18.5 Å². The van der Waals surface area contributed by atoms with Gasteiger partial charge in [0.25, 0.3) is 8.32 Å². The Labute approximate surface area is 157 Å². The first-order chi connectivity index (χ1) is 12.7. The molecule has 26 heavy (non-hydrogen) atoms. The zero-order chi connectivity index (χ0) is 18.4. The van der Waals surface area contributed by atoms with Gasteiger partial charge in [0.1, 0.15) is 0 Å². The van der Waals surface area contributed by atoms with Crippen LogP contribution in [-0.2, 0) is 13.9 Å². The zero-order valence-corrected chi connectivity index (χ0v) is 16.6. The second-order valence-corrected chi connectivity index (χ2v) is 10.4. The summed E-state index contributed by atoms with van der Waals surface area (Å²) >= 11 is 0. The summed E-state index contributed by atoms with van der Waals surface area (Å²) in [5.74, 6) is 0. The minimum atomic E-state index is -2.33. The molecule has 0 bridgehead atoms. The van der Waals surface area contributed by atoms with Gasteiger partial charge >= 0.3 is 0 Å². The van der Waals surface area contributed by atoms with Crippen molar-refractivity contribution >= 4 is 18.7 Å². The third-order valence-corrected chi connectivity index (χ3v) is 8.80. The number of nitrogens with two attached hydrogens (primary N) is 1. The first kappa shape index (κ1) is 19.3. The molecule has 2 N–H and O–H groups in total. The summed E-state index contributed by atoms with van der Waals surface area (Å²) in [7, 11) is -0.634. The molecule has 0 saturated carbocycles. The molecule has 0 spiro atoms. The highest BCUT2D eigenvalue weighted by atomic mass is 28.4. The minimum absolute atomic E-state index is 0.0912. The van der Waals surface area contributed by atoms with Crippen molar-refractivity contribution in [2.75, 3.05) is 13.7 Å². The number of hydrogen-bond donors (Lipinski definition) is 1. The normalized spacial score (nSPS) is 23.7. The van der Waals surface area contributed by atoms with E-state index in [9.17, 15) is 0 Å². The number of rotatable bonds is 7. The largest absolute Gasteiger partial charge is 0.405 e. The summed E-state index contributed by atoms with van der Waals surface area (Å²) in [5.41, 5.74) is 5.75. The molecule has 0 amide bonds. The van der Waals surface area contributed by atoms with Gasteiger partial charge in [-0.3, -0.25) is 0 Å². The molecule has 3 atom stereocenters. The van der Waals surface area contributed by atoms with Gasteiger partial charge in [0, 0.05) is 13.5 Å². The number of hydrogen-bond acceptors (Lipinski definition) is 4. The summed E-state index contributed by atoms with van der Waals surface area (Å²) < 4.78 is 18.4. The van der Waals surface area contributed by atoms with E-state index in [0.717, 1.165) is 19.3 Å². The van der Waals surface area contributed by atoms with Crippen LogP contribution >= 0.6 is 0 Å². The predicted molar refractivity (Wildman–Crippen MR) is 107 cm³/mol.